The lowest BCUT2D eigenvalue weighted by Crippen LogP contribution is -2.60. The summed E-state index contributed by atoms with van der Waals surface area (Å²) in [5.74, 6) is 5.37. The third-order valence-electron chi connectivity index (χ3n) is 8.11. The molecule has 1 aromatic rings. The largest absolute Gasteiger partial charge is 0.312 e. The van der Waals surface area contributed by atoms with Crippen LogP contribution in [0.1, 0.15) is 50.1 Å². The van der Waals surface area contributed by atoms with Crippen LogP contribution in [0.4, 0.5) is 0 Å². The highest BCUT2D eigenvalue weighted by atomic mass is 16.1. The number of rotatable bonds is 1. The lowest BCUT2D eigenvalue weighted by Gasteiger charge is -2.59. The van der Waals surface area contributed by atoms with Crippen molar-refractivity contribution < 1.29 is 0 Å². The first-order valence-corrected chi connectivity index (χ1v) is 10.2. The molecule has 3 heterocycles. The van der Waals surface area contributed by atoms with Crippen molar-refractivity contribution in [3.05, 3.63) is 34.2 Å². The molecule has 0 unspecified atom stereocenters. The summed E-state index contributed by atoms with van der Waals surface area (Å²) in [4.78, 5) is 15.1. The predicted molar refractivity (Wildman–Crippen MR) is 94.0 cm³/mol. The molecule has 1 aromatic heterocycles. The van der Waals surface area contributed by atoms with Gasteiger partial charge in [0.15, 0.2) is 0 Å². The lowest BCUT2D eigenvalue weighted by molar-refractivity contribution is -0.0819. The Balaban J connectivity index is 1.31. The number of hydrogen-bond donors (Lipinski definition) is 0. The van der Waals surface area contributed by atoms with E-state index in [0.717, 1.165) is 36.3 Å². The fourth-order valence-corrected chi connectivity index (χ4v) is 7.67. The Bertz CT molecular complexity index is 695. The van der Waals surface area contributed by atoms with Gasteiger partial charge >= 0.3 is 0 Å². The first-order valence-electron chi connectivity index (χ1n) is 10.2. The summed E-state index contributed by atoms with van der Waals surface area (Å²) in [5.41, 5.74) is 1.53. The van der Waals surface area contributed by atoms with Crippen molar-refractivity contribution in [2.45, 2.75) is 57.0 Å². The molecular formula is C21H28N2O. The number of hydrogen-bond acceptors (Lipinski definition) is 2. The Morgan fingerprint density at radius 1 is 0.792 bits per heavy atom. The van der Waals surface area contributed by atoms with Gasteiger partial charge in [-0.05, 0) is 74.2 Å². The molecule has 128 valence electrons. The summed E-state index contributed by atoms with van der Waals surface area (Å²) in [6.07, 6.45) is 8.90. The molecule has 2 aliphatic heterocycles. The van der Waals surface area contributed by atoms with E-state index in [-0.39, 0.29) is 5.56 Å². The van der Waals surface area contributed by atoms with Gasteiger partial charge in [-0.15, -0.1) is 0 Å². The molecule has 24 heavy (non-hydrogen) atoms. The van der Waals surface area contributed by atoms with Gasteiger partial charge in [0.1, 0.15) is 0 Å². The van der Waals surface area contributed by atoms with Crippen molar-refractivity contribution >= 4 is 0 Å². The number of nitrogens with zero attached hydrogens (tertiary/aromatic N) is 2. The molecule has 6 aliphatic rings. The molecule has 6 bridgehead atoms. The third kappa shape index (κ3) is 1.97. The van der Waals surface area contributed by atoms with E-state index in [1.807, 2.05) is 6.07 Å². The second kappa shape index (κ2) is 4.97. The summed E-state index contributed by atoms with van der Waals surface area (Å²) in [6.45, 7) is 3.40. The molecule has 0 radical (unpaired) electrons. The van der Waals surface area contributed by atoms with Crippen LogP contribution in [0.3, 0.4) is 0 Å². The van der Waals surface area contributed by atoms with Gasteiger partial charge < -0.3 is 4.57 Å². The topological polar surface area (TPSA) is 25.2 Å². The SMILES string of the molecule is O=c1cccc2n1C[C@H]1C[C@H]2CN(C2C3CC4CC(C3)CC2C4)C1. The van der Waals surface area contributed by atoms with Crippen LogP contribution in [0, 0.1) is 29.6 Å². The normalized spacial score (nSPS) is 46.1. The molecule has 4 aliphatic carbocycles. The second-order valence-electron chi connectivity index (χ2n) is 9.57. The van der Waals surface area contributed by atoms with Crippen LogP contribution in [0.5, 0.6) is 0 Å². The van der Waals surface area contributed by atoms with Gasteiger partial charge in [-0.1, -0.05) is 6.07 Å². The van der Waals surface area contributed by atoms with Crippen molar-refractivity contribution in [2.24, 2.45) is 29.6 Å². The highest BCUT2D eigenvalue weighted by Crippen LogP contribution is 2.56. The summed E-state index contributed by atoms with van der Waals surface area (Å²) < 4.78 is 2.08. The van der Waals surface area contributed by atoms with E-state index in [1.165, 1.54) is 50.9 Å². The number of likely N-dealkylation sites (tertiary alicyclic amines) is 1. The second-order valence-corrected chi connectivity index (χ2v) is 9.57. The van der Waals surface area contributed by atoms with Crippen LogP contribution in [-0.2, 0) is 6.54 Å². The minimum Gasteiger partial charge on any atom is -0.312 e. The van der Waals surface area contributed by atoms with Crippen molar-refractivity contribution in [2.75, 3.05) is 13.1 Å². The van der Waals surface area contributed by atoms with Crippen LogP contribution >= 0.6 is 0 Å². The van der Waals surface area contributed by atoms with Crippen molar-refractivity contribution in [1.29, 1.82) is 0 Å². The molecule has 0 aromatic carbocycles. The molecule has 0 N–H and O–H groups in total. The zero-order chi connectivity index (χ0) is 15.8. The van der Waals surface area contributed by atoms with Gasteiger partial charge in [-0.25, -0.2) is 0 Å². The van der Waals surface area contributed by atoms with Crippen molar-refractivity contribution in [3.8, 4) is 0 Å². The molecule has 4 saturated carbocycles. The lowest BCUT2D eigenvalue weighted by atomic mass is 9.53. The average molecular weight is 324 g/mol. The van der Waals surface area contributed by atoms with Gasteiger partial charge in [0, 0.05) is 43.4 Å². The van der Waals surface area contributed by atoms with E-state index >= 15 is 0 Å². The van der Waals surface area contributed by atoms with Gasteiger partial charge in [-0.3, -0.25) is 9.69 Å². The van der Waals surface area contributed by atoms with E-state index in [0.29, 0.717) is 11.8 Å². The monoisotopic (exact) mass is 324 g/mol. The quantitative estimate of drug-likeness (QED) is 0.793. The predicted octanol–water partition coefficient (Wildman–Crippen LogP) is 3.09. The minimum atomic E-state index is 0.213. The highest BCUT2D eigenvalue weighted by molar-refractivity contribution is 5.17. The Morgan fingerprint density at radius 3 is 2.29 bits per heavy atom. The Labute approximate surface area is 144 Å². The molecule has 2 atom stereocenters. The van der Waals surface area contributed by atoms with Crippen LogP contribution in [0.25, 0.3) is 0 Å². The van der Waals surface area contributed by atoms with E-state index in [9.17, 15) is 4.79 Å². The number of piperidine rings is 1. The highest BCUT2D eigenvalue weighted by Gasteiger charge is 2.51. The van der Waals surface area contributed by atoms with Crippen molar-refractivity contribution in [3.63, 3.8) is 0 Å². The number of aromatic nitrogens is 1. The van der Waals surface area contributed by atoms with E-state index < -0.39 is 0 Å². The van der Waals surface area contributed by atoms with E-state index in [4.69, 9.17) is 0 Å². The number of pyridine rings is 1. The van der Waals surface area contributed by atoms with Crippen LogP contribution in [0.2, 0.25) is 0 Å². The van der Waals surface area contributed by atoms with Crippen LogP contribution in [-0.4, -0.2) is 28.6 Å². The number of fused-ring (bicyclic) bond motifs is 4. The standard InChI is InChI=1S/C21H28N2O/c24-20-3-1-2-19-18-9-15(11-23(19)20)10-22(12-18)21-16-5-13-4-14(7-16)8-17(21)6-13/h1-3,13-18,21H,4-12H2/t13?,14?,15-,16?,17?,18-,21?/m0/s1. The van der Waals surface area contributed by atoms with E-state index in [1.54, 1.807) is 12.5 Å². The first kappa shape index (κ1) is 14.1. The molecule has 1 saturated heterocycles. The molecule has 7 rings (SSSR count). The maximum Gasteiger partial charge on any atom is 0.250 e. The van der Waals surface area contributed by atoms with Gasteiger partial charge in [0.2, 0.25) is 0 Å². The molecule has 3 heteroatoms. The third-order valence-corrected chi connectivity index (χ3v) is 8.11. The summed E-state index contributed by atoms with van der Waals surface area (Å²) >= 11 is 0. The van der Waals surface area contributed by atoms with Crippen LogP contribution in [0.15, 0.2) is 23.0 Å². The van der Waals surface area contributed by atoms with Crippen LogP contribution < -0.4 is 5.56 Å². The van der Waals surface area contributed by atoms with Gasteiger partial charge in [-0.2, -0.15) is 0 Å². The maximum atomic E-state index is 12.2. The molecule has 3 nitrogen and oxygen atoms in total. The smallest absolute Gasteiger partial charge is 0.250 e. The molecule has 0 amide bonds. The van der Waals surface area contributed by atoms with E-state index in [2.05, 4.69) is 15.5 Å². The first-order chi connectivity index (χ1) is 11.7. The Hall–Kier alpha value is -1.09. The summed E-state index contributed by atoms with van der Waals surface area (Å²) in [5, 5.41) is 0. The summed E-state index contributed by atoms with van der Waals surface area (Å²) in [6, 6.07) is 6.78. The molecular weight excluding hydrogens is 296 g/mol. The minimum absolute atomic E-state index is 0.213. The van der Waals surface area contributed by atoms with Gasteiger partial charge in [0.25, 0.3) is 5.56 Å². The molecule has 0 spiro atoms. The Morgan fingerprint density at radius 2 is 1.54 bits per heavy atom. The summed E-state index contributed by atoms with van der Waals surface area (Å²) in [7, 11) is 0. The molecule has 5 fully saturated rings. The van der Waals surface area contributed by atoms with Gasteiger partial charge in [0.05, 0.1) is 0 Å². The average Bonchev–Trinajstić information content (AvgIpc) is 2.55. The zero-order valence-corrected chi connectivity index (χ0v) is 14.4. The fraction of sp³-hybridized carbons (Fsp3) is 0.762. The zero-order valence-electron chi connectivity index (χ0n) is 14.4. The Kier molecular flexibility index (Phi) is 2.92. The maximum absolute atomic E-state index is 12.2. The fourth-order valence-electron chi connectivity index (χ4n) is 7.67. The van der Waals surface area contributed by atoms with Crippen molar-refractivity contribution in [1.82, 2.24) is 9.47 Å².